The molecule has 6 heteroatoms. The van der Waals surface area contributed by atoms with Crippen LogP contribution in [0.3, 0.4) is 0 Å². The Morgan fingerprint density at radius 3 is 2.59 bits per heavy atom. The lowest BCUT2D eigenvalue weighted by molar-refractivity contribution is 0.413. The number of sulfonamides is 1. The van der Waals surface area contributed by atoms with Crippen molar-refractivity contribution in [2.45, 2.75) is 23.8 Å². The number of hydrogen-bond donors (Lipinski definition) is 0. The Morgan fingerprint density at radius 1 is 1.35 bits per heavy atom. The lowest BCUT2D eigenvalue weighted by atomic mass is 10.3. The number of hydrogen-bond acceptors (Lipinski definition) is 2. The third-order valence-electron chi connectivity index (χ3n) is 2.92. The summed E-state index contributed by atoms with van der Waals surface area (Å²) < 4.78 is 38.9. The van der Waals surface area contributed by atoms with Crippen molar-refractivity contribution >= 4 is 26.0 Å². The first-order valence-electron chi connectivity index (χ1n) is 5.39. The molecule has 0 radical (unpaired) electrons. The minimum atomic E-state index is -3.48. The zero-order chi connectivity index (χ0) is 12.5. The van der Waals surface area contributed by atoms with Gasteiger partial charge in [0.25, 0.3) is 0 Å². The fourth-order valence-corrected chi connectivity index (χ4v) is 4.58. The fourth-order valence-electron chi connectivity index (χ4n) is 2.02. The smallest absolute Gasteiger partial charge is 0.207 e. The van der Waals surface area contributed by atoms with Crippen molar-refractivity contribution in [1.29, 1.82) is 0 Å². The summed E-state index contributed by atoms with van der Waals surface area (Å²) in [5, 5.41) is 0.632. The molecule has 2 rings (SSSR count). The molecule has 1 aromatic carbocycles. The Kier molecular flexibility index (Phi) is 3.85. The zero-order valence-electron chi connectivity index (χ0n) is 9.14. The highest BCUT2D eigenvalue weighted by molar-refractivity contribution is 9.09. The molecule has 1 aromatic rings. The molecule has 0 aromatic heterocycles. The normalized spacial score (nSPS) is 21.9. The van der Waals surface area contributed by atoms with Crippen LogP contribution in [0.5, 0.6) is 0 Å². The van der Waals surface area contributed by atoms with Crippen LogP contribution < -0.4 is 0 Å². The summed E-state index contributed by atoms with van der Waals surface area (Å²) in [6.07, 6.45) is 1.74. The van der Waals surface area contributed by atoms with Gasteiger partial charge in [-0.3, -0.25) is 0 Å². The summed E-state index contributed by atoms with van der Waals surface area (Å²) in [7, 11) is -3.48. The van der Waals surface area contributed by atoms with Crippen LogP contribution in [-0.4, -0.2) is 30.6 Å². The Bertz CT molecular complexity index is 489. The molecular formula is C11H13BrFNO2S. The van der Waals surface area contributed by atoms with Crippen LogP contribution in [0.4, 0.5) is 4.39 Å². The van der Waals surface area contributed by atoms with E-state index < -0.39 is 15.8 Å². The number of halogens is 2. The van der Waals surface area contributed by atoms with Crippen LogP contribution in [-0.2, 0) is 10.0 Å². The van der Waals surface area contributed by atoms with Crippen LogP contribution in [0.1, 0.15) is 12.8 Å². The number of alkyl halides is 1. The Labute approximate surface area is 109 Å². The van der Waals surface area contributed by atoms with E-state index in [0.29, 0.717) is 11.9 Å². The molecule has 0 bridgehead atoms. The molecule has 1 fully saturated rings. The largest absolute Gasteiger partial charge is 0.243 e. The lowest BCUT2D eigenvalue weighted by Gasteiger charge is -2.22. The van der Waals surface area contributed by atoms with Gasteiger partial charge in [-0.2, -0.15) is 4.31 Å². The van der Waals surface area contributed by atoms with Gasteiger partial charge in [0.15, 0.2) is 0 Å². The summed E-state index contributed by atoms with van der Waals surface area (Å²) in [6.45, 7) is 0.538. The molecule has 0 saturated carbocycles. The predicted octanol–water partition coefficient (Wildman–Crippen LogP) is 2.37. The Morgan fingerprint density at radius 2 is 2.00 bits per heavy atom. The number of benzene rings is 1. The third kappa shape index (κ3) is 2.53. The minimum absolute atomic E-state index is 0.00468. The van der Waals surface area contributed by atoms with Gasteiger partial charge in [0.1, 0.15) is 5.82 Å². The van der Waals surface area contributed by atoms with E-state index in [1.807, 2.05) is 0 Å². The van der Waals surface area contributed by atoms with Gasteiger partial charge in [0.05, 0.1) is 4.90 Å². The monoisotopic (exact) mass is 321 g/mol. The van der Waals surface area contributed by atoms with Crippen molar-refractivity contribution in [3.8, 4) is 0 Å². The van der Waals surface area contributed by atoms with E-state index in [-0.39, 0.29) is 10.9 Å². The van der Waals surface area contributed by atoms with Crippen LogP contribution in [0, 0.1) is 5.82 Å². The maximum atomic E-state index is 12.8. The second-order valence-corrected chi connectivity index (χ2v) is 6.56. The molecule has 1 aliphatic heterocycles. The van der Waals surface area contributed by atoms with Gasteiger partial charge in [-0.05, 0) is 37.1 Å². The van der Waals surface area contributed by atoms with Gasteiger partial charge in [-0.1, -0.05) is 15.9 Å². The molecule has 0 aliphatic carbocycles. The fraction of sp³-hybridized carbons (Fsp3) is 0.455. The van der Waals surface area contributed by atoms with E-state index in [1.165, 1.54) is 28.6 Å². The number of nitrogens with zero attached hydrogens (tertiary/aromatic N) is 1. The van der Waals surface area contributed by atoms with E-state index >= 15 is 0 Å². The second-order valence-electron chi connectivity index (χ2n) is 4.02. The van der Waals surface area contributed by atoms with Crippen molar-refractivity contribution in [2.24, 2.45) is 0 Å². The Balaban J connectivity index is 2.33. The van der Waals surface area contributed by atoms with Gasteiger partial charge in [-0.25, -0.2) is 12.8 Å². The third-order valence-corrected chi connectivity index (χ3v) is 5.63. The van der Waals surface area contributed by atoms with Gasteiger partial charge in [0, 0.05) is 17.9 Å². The summed E-state index contributed by atoms with van der Waals surface area (Å²) in [5.74, 6) is -0.428. The van der Waals surface area contributed by atoms with E-state index in [1.54, 1.807) is 0 Å². The maximum absolute atomic E-state index is 12.8. The highest BCUT2D eigenvalue weighted by Gasteiger charge is 2.34. The van der Waals surface area contributed by atoms with Crippen molar-refractivity contribution in [2.75, 3.05) is 11.9 Å². The van der Waals surface area contributed by atoms with Gasteiger partial charge in [0.2, 0.25) is 10.0 Å². The molecule has 1 atom stereocenters. The first-order chi connectivity index (χ1) is 8.05. The standard InChI is InChI=1S/C11H13BrFNO2S/c12-8-10-2-1-7-14(10)17(15,16)11-5-3-9(13)4-6-11/h3-6,10H,1-2,7-8H2. The summed E-state index contributed by atoms with van der Waals surface area (Å²) in [4.78, 5) is 0.159. The van der Waals surface area contributed by atoms with Gasteiger partial charge >= 0.3 is 0 Å². The average Bonchev–Trinajstić information content (AvgIpc) is 2.78. The van der Waals surface area contributed by atoms with E-state index in [2.05, 4.69) is 15.9 Å². The molecule has 0 amide bonds. The Hall–Kier alpha value is -0.460. The molecule has 94 valence electrons. The van der Waals surface area contributed by atoms with Gasteiger partial charge < -0.3 is 0 Å². The van der Waals surface area contributed by atoms with Crippen molar-refractivity contribution in [3.63, 3.8) is 0 Å². The molecule has 17 heavy (non-hydrogen) atoms. The van der Waals surface area contributed by atoms with Crippen LogP contribution in [0.25, 0.3) is 0 Å². The molecule has 1 aliphatic rings. The van der Waals surface area contributed by atoms with Crippen LogP contribution in [0.15, 0.2) is 29.2 Å². The summed E-state index contributed by atoms with van der Waals surface area (Å²) in [5.41, 5.74) is 0. The molecule has 1 heterocycles. The molecule has 1 saturated heterocycles. The first kappa shape index (κ1) is 13.0. The van der Waals surface area contributed by atoms with Crippen LogP contribution in [0.2, 0.25) is 0 Å². The molecular weight excluding hydrogens is 309 g/mol. The van der Waals surface area contributed by atoms with Crippen molar-refractivity contribution in [3.05, 3.63) is 30.1 Å². The molecule has 3 nitrogen and oxygen atoms in total. The highest BCUT2D eigenvalue weighted by atomic mass is 79.9. The SMILES string of the molecule is O=S(=O)(c1ccc(F)cc1)N1CCCC1CBr. The summed E-state index contributed by atoms with van der Waals surface area (Å²) >= 11 is 3.33. The maximum Gasteiger partial charge on any atom is 0.243 e. The minimum Gasteiger partial charge on any atom is -0.207 e. The number of rotatable bonds is 3. The summed E-state index contributed by atoms with van der Waals surface area (Å²) in [6, 6.07) is 4.98. The van der Waals surface area contributed by atoms with Crippen LogP contribution >= 0.6 is 15.9 Å². The predicted molar refractivity (Wildman–Crippen MR) is 67.1 cm³/mol. The van der Waals surface area contributed by atoms with Gasteiger partial charge in [-0.15, -0.1) is 0 Å². The van der Waals surface area contributed by atoms with Crippen molar-refractivity contribution < 1.29 is 12.8 Å². The highest BCUT2D eigenvalue weighted by Crippen LogP contribution is 2.26. The van der Waals surface area contributed by atoms with E-state index in [9.17, 15) is 12.8 Å². The van der Waals surface area contributed by atoms with E-state index in [0.717, 1.165) is 12.8 Å². The molecule has 0 N–H and O–H groups in total. The zero-order valence-corrected chi connectivity index (χ0v) is 11.5. The average molecular weight is 322 g/mol. The molecule has 0 spiro atoms. The topological polar surface area (TPSA) is 37.4 Å². The first-order valence-corrected chi connectivity index (χ1v) is 7.95. The van der Waals surface area contributed by atoms with E-state index in [4.69, 9.17) is 0 Å². The van der Waals surface area contributed by atoms with Crippen molar-refractivity contribution in [1.82, 2.24) is 4.31 Å². The lowest BCUT2D eigenvalue weighted by Crippen LogP contribution is -2.36. The molecule has 1 unspecified atom stereocenters. The quantitative estimate of drug-likeness (QED) is 0.801. The second kappa shape index (κ2) is 5.04.